The van der Waals surface area contributed by atoms with Crippen molar-refractivity contribution in [1.29, 1.82) is 0 Å². The summed E-state index contributed by atoms with van der Waals surface area (Å²) >= 11 is 0. The van der Waals surface area contributed by atoms with Crippen LogP contribution in [0, 0.1) is 0 Å². The molecular weight excluding hydrogens is 947 g/mol. The molecule has 24 heteroatoms. The third-order valence-corrected chi connectivity index (χ3v) is 13.6. The van der Waals surface area contributed by atoms with Crippen LogP contribution in [-0.2, 0) is 52.7 Å². The van der Waals surface area contributed by atoms with E-state index in [-0.39, 0.29) is 42.3 Å². The first-order chi connectivity index (χ1) is 32.4. The Kier molecular flexibility index (Phi) is 22.4. The van der Waals surface area contributed by atoms with Gasteiger partial charge in [-0.15, -0.1) is 0 Å². The maximum atomic E-state index is 13.4. The predicted octanol–water partition coefficient (Wildman–Crippen LogP) is 2.91. The Morgan fingerprint density at radius 1 is 0.536 bits per heavy atom. The average Bonchev–Trinajstić information content (AvgIpc) is 3.58. The van der Waals surface area contributed by atoms with Crippen molar-refractivity contribution in [3.05, 3.63) is 59.7 Å². The molecule has 0 aromatic heterocycles. The average molecular weight is 1000 g/mol. The van der Waals surface area contributed by atoms with Crippen molar-refractivity contribution in [2.45, 2.75) is 126 Å². The number of alkyl carbamates (subject to hydrolysis) is 1. The minimum absolute atomic E-state index is 0.0798. The monoisotopic (exact) mass is 1000 g/mol. The van der Waals surface area contributed by atoms with Crippen LogP contribution in [0.15, 0.2) is 48.5 Å². The molecule has 1 aliphatic rings. The molecule has 3 rings (SSSR count). The van der Waals surface area contributed by atoms with Gasteiger partial charge in [0.15, 0.2) is 5.78 Å². The number of carbonyl (C=O) groups excluding carboxylic acids is 6. The molecule has 10 N–H and O–H groups in total. The minimum atomic E-state index is -2.04. The topological polar surface area (TPSA) is 358 Å². The van der Waals surface area contributed by atoms with E-state index in [1.165, 1.54) is 10.8 Å². The van der Waals surface area contributed by atoms with Gasteiger partial charge in [-0.1, -0.05) is 104 Å². The lowest BCUT2D eigenvalue weighted by atomic mass is 9.98. The largest absolute Gasteiger partial charge is 0.481 e. The van der Waals surface area contributed by atoms with Crippen molar-refractivity contribution < 1.29 is 83.0 Å². The molecule has 1 aliphatic carbocycles. The smallest absolute Gasteiger partial charge is 0.407 e. The van der Waals surface area contributed by atoms with Crippen LogP contribution in [0.5, 0.6) is 0 Å². The predicted molar refractivity (Wildman–Crippen MR) is 249 cm³/mol. The number of carboxylic acids is 5. The number of nitrogens with one attached hydrogen (secondary N) is 5. The summed E-state index contributed by atoms with van der Waals surface area (Å²) in [5.41, 5.74) is 4.26. The fourth-order valence-electron chi connectivity index (χ4n) is 6.95. The standard InChI is InChI=1S/C45H57N5O17S2/c1-45(2,3)69-68-23-33(50-44(66)67-22-28-26-14-10-8-12-24(26)25-13-9-11-15-27(25)28)34(51)16-6-4-5-7-17-35(52)46-29(40(58)59)18-36(53)47-30(41(60)61)19-37(54)48-31(42(62)63)20-38(55)49-32(43(64)65)21-39(56)57/h8-15,28-33H,4-7,16-23H2,1-3H3,(H,46,52)(H,47,53)(H,48,54)(H,49,55)(H,50,66)(H,56,57)(H,58,59)(H,60,61)(H,62,63)(H,64,65). The lowest BCUT2D eigenvalue weighted by Crippen LogP contribution is -2.51. The lowest BCUT2D eigenvalue weighted by Gasteiger charge is -2.21. The Balaban J connectivity index is 1.44. The Morgan fingerprint density at radius 2 is 0.942 bits per heavy atom. The highest BCUT2D eigenvalue weighted by atomic mass is 33.1. The van der Waals surface area contributed by atoms with Crippen LogP contribution in [-0.4, -0.2) is 138 Å². The number of rotatable bonds is 30. The number of fused-ring (bicyclic) bond motifs is 3. The second kappa shape index (κ2) is 27.3. The Hall–Kier alpha value is -6.69. The molecule has 2 aromatic rings. The van der Waals surface area contributed by atoms with Gasteiger partial charge in [0, 0.05) is 29.3 Å². The SMILES string of the molecule is CC(C)(C)SSCC(NC(=O)OCC1c2ccccc2-c2ccccc21)C(=O)CCCCCCC(=O)NC(CC(=O)NC(CC(=O)NC(CC(=O)NC(CC(=O)O)C(=O)O)C(=O)O)C(=O)O)C(=O)O. The zero-order chi connectivity index (χ0) is 51.4. The summed E-state index contributed by atoms with van der Waals surface area (Å²) in [6, 6.07) is 7.19. The summed E-state index contributed by atoms with van der Waals surface area (Å²) in [5, 5.41) is 57.0. The molecule has 0 bridgehead atoms. The number of hydrogen-bond acceptors (Lipinski definition) is 14. The van der Waals surface area contributed by atoms with Crippen molar-refractivity contribution in [2.24, 2.45) is 0 Å². The second-order valence-electron chi connectivity index (χ2n) is 16.9. The number of carboxylic acid groups (broad SMARTS) is 5. The highest BCUT2D eigenvalue weighted by molar-refractivity contribution is 8.77. The van der Waals surface area contributed by atoms with E-state index in [1.807, 2.05) is 79.9 Å². The van der Waals surface area contributed by atoms with Gasteiger partial charge in [0.05, 0.1) is 25.7 Å². The minimum Gasteiger partial charge on any atom is -0.481 e. The molecule has 2 aromatic carbocycles. The highest BCUT2D eigenvalue weighted by Crippen LogP contribution is 2.44. The first-order valence-corrected chi connectivity index (χ1v) is 24.0. The third kappa shape index (κ3) is 19.8. The molecule has 5 unspecified atom stereocenters. The van der Waals surface area contributed by atoms with Crippen molar-refractivity contribution >= 4 is 86.9 Å². The molecule has 0 saturated carbocycles. The van der Waals surface area contributed by atoms with E-state index >= 15 is 0 Å². The summed E-state index contributed by atoms with van der Waals surface area (Å²) in [7, 11) is 3.03. The maximum Gasteiger partial charge on any atom is 0.407 e. The van der Waals surface area contributed by atoms with Gasteiger partial charge < -0.3 is 56.9 Å². The summed E-state index contributed by atoms with van der Waals surface area (Å²) in [6.45, 7) is 6.16. The van der Waals surface area contributed by atoms with Gasteiger partial charge in [-0.05, 0) is 35.1 Å². The van der Waals surface area contributed by atoms with Gasteiger partial charge in [-0.2, -0.15) is 0 Å². The van der Waals surface area contributed by atoms with Crippen LogP contribution in [0.3, 0.4) is 0 Å². The lowest BCUT2D eigenvalue weighted by molar-refractivity contribution is -0.148. The van der Waals surface area contributed by atoms with Gasteiger partial charge in [-0.25, -0.2) is 24.0 Å². The van der Waals surface area contributed by atoms with E-state index in [0.717, 1.165) is 22.3 Å². The van der Waals surface area contributed by atoms with Crippen LogP contribution in [0.1, 0.15) is 102 Å². The Bertz CT molecular complexity index is 2190. The number of Topliss-reactive ketones (excluding diaryl/α,β-unsaturated/α-hetero) is 1. The molecule has 0 spiro atoms. The van der Waals surface area contributed by atoms with E-state index < -0.39 is 115 Å². The third-order valence-electron chi connectivity index (χ3n) is 10.2. The number of ether oxygens (including phenoxy) is 1. The number of benzene rings is 2. The van der Waals surface area contributed by atoms with Crippen LogP contribution in [0.2, 0.25) is 0 Å². The second-order valence-corrected chi connectivity index (χ2v) is 20.1. The normalized spacial score (nSPS) is 14.0. The first kappa shape index (κ1) is 56.6. The Labute approximate surface area is 404 Å². The molecule has 69 heavy (non-hydrogen) atoms. The molecule has 0 aliphatic heterocycles. The maximum absolute atomic E-state index is 13.4. The van der Waals surface area contributed by atoms with Crippen molar-refractivity contribution in [3.63, 3.8) is 0 Å². The van der Waals surface area contributed by atoms with Gasteiger partial charge >= 0.3 is 35.9 Å². The molecular formula is C45H57N5O17S2. The summed E-state index contributed by atoms with van der Waals surface area (Å²) in [6.07, 6.45) is -3.29. The molecule has 5 amide bonds. The number of ketones is 1. The number of hydrogen-bond donors (Lipinski definition) is 10. The molecule has 22 nitrogen and oxygen atoms in total. The summed E-state index contributed by atoms with van der Waals surface area (Å²) in [5.74, 6) is -13.2. The molecule has 0 fully saturated rings. The van der Waals surface area contributed by atoms with Crippen LogP contribution in [0.4, 0.5) is 4.79 Å². The van der Waals surface area contributed by atoms with Crippen molar-refractivity contribution in [1.82, 2.24) is 26.6 Å². The number of amides is 5. The van der Waals surface area contributed by atoms with Crippen LogP contribution < -0.4 is 26.6 Å². The van der Waals surface area contributed by atoms with Crippen LogP contribution >= 0.6 is 21.6 Å². The summed E-state index contributed by atoms with van der Waals surface area (Å²) in [4.78, 5) is 134. The van der Waals surface area contributed by atoms with E-state index in [4.69, 9.17) is 14.9 Å². The zero-order valence-electron chi connectivity index (χ0n) is 38.0. The number of aliphatic carboxylic acids is 5. The van der Waals surface area contributed by atoms with E-state index in [1.54, 1.807) is 16.1 Å². The molecule has 0 saturated heterocycles. The molecule has 5 atom stereocenters. The van der Waals surface area contributed by atoms with E-state index in [9.17, 15) is 68.1 Å². The molecule has 0 radical (unpaired) electrons. The number of carbonyl (C=O) groups is 11. The molecule has 376 valence electrons. The van der Waals surface area contributed by atoms with Gasteiger partial charge in [0.25, 0.3) is 0 Å². The van der Waals surface area contributed by atoms with E-state index in [2.05, 4.69) is 10.6 Å². The van der Waals surface area contributed by atoms with Gasteiger partial charge in [0.2, 0.25) is 23.6 Å². The zero-order valence-corrected chi connectivity index (χ0v) is 39.7. The fourth-order valence-corrected chi connectivity index (χ4v) is 9.45. The van der Waals surface area contributed by atoms with Gasteiger partial charge in [0.1, 0.15) is 36.8 Å². The number of unbranched alkanes of at least 4 members (excludes halogenated alkanes) is 3. The van der Waals surface area contributed by atoms with Crippen molar-refractivity contribution in [2.75, 3.05) is 12.4 Å². The summed E-state index contributed by atoms with van der Waals surface area (Å²) < 4.78 is 5.59. The van der Waals surface area contributed by atoms with Crippen LogP contribution in [0.25, 0.3) is 11.1 Å². The molecule has 0 heterocycles. The Morgan fingerprint density at radius 3 is 1.36 bits per heavy atom. The van der Waals surface area contributed by atoms with E-state index in [0.29, 0.717) is 25.0 Å². The van der Waals surface area contributed by atoms with Gasteiger partial charge in [-0.3, -0.25) is 28.8 Å². The quantitative estimate of drug-likeness (QED) is 0.0397. The van der Waals surface area contributed by atoms with Crippen molar-refractivity contribution in [3.8, 4) is 11.1 Å². The highest BCUT2D eigenvalue weighted by Gasteiger charge is 2.33. The first-order valence-electron chi connectivity index (χ1n) is 21.7. The fraction of sp³-hybridized carbons (Fsp3) is 0.489.